The fraction of sp³-hybridized carbons (Fsp3) is 0.286. The Morgan fingerprint density at radius 2 is 2.06 bits per heavy atom. The summed E-state index contributed by atoms with van der Waals surface area (Å²) in [6.45, 7) is 0.209. The van der Waals surface area contributed by atoms with E-state index in [1.54, 1.807) is 31.3 Å². The summed E-state index contributed by atoms with van der Waals surface area (Å²) in [7, 11) is -1.21. The molecule has 0 spiro atoms. The second-order valence-electron chi connectivity index (χ2n) is 7.38. The molecule has 1 saturated heterocycles. The van der Waals surface area contributed by atoms with Gasteiger partial charge in [0.1, 0.15) is 16.6 Å². The number of sulfonamides is 1. The van der Waals surface area contributed by atoms with Crippen LogP contribution in [0, 0.1) is 0 Å². The molecule has 0 saturated carbocycles. The van der Waals surface area contributed by atoms with Crippen molar-refractivity contribution >= 4 is 27.6 Å². The molecular weight excluding hydrogens is 436 g/mol. The first kappa shape index (κ1) is 21.8. The normalized spacial score (nSPS) is 16.8. The maximum absolute atomic E-state index is 13.2. The van der Waals surface area contributed by atoms with Crippen LogP contribution in [0.1, 0.15) is 23.3 Å². The summed E-state index contributed by atoms with van der Waals surface area (Å²) < 4.78 is 38.9. The predicted octanol–water partition coefficient (Wildman–Crippen LogP) is 2.26. The number of carbonyl (C=O) groups is 2. The number of carbonyl (C=O) groups excluding carboxylic acids is 2. The number of aromatic nitrogens is 2. The van der Waals surface area contributed by atoms with Crippen LogP contribution < -0.4 is 5.32 Å². The highest BCUT2D eigenvalue weighted by molar-refractivity contribution is 7.89. The monoisotopic (exact) mass is 458 g/mol. The molecule has 4 rings (SSSR count). The van der Waals surface area contributed by atoms with E-state index in [-0.39, 0.29) is 17.1 Å². The zero-order valence-corrected chi connectivity index (χ0v) is 18.3. The van der Waals surface area contributed by atoms with Crippen LogP contribution in [0.15, 0.2) is 58.2 Å². The molecule has 0 aliphatic carbocycles. The Labute approximate surface area is 184 Å². The highest BCUT2D eigenvalue weighted by Crippen LogP contribution is 2.29. The molecule has 0 bridgehead atoms. The summed E-state index contributed by atoms with van der Waals surface area (Å²) in [5, 5.41) is 6.47. The highest BCUT2D eigenvalue weighted by Gasteiger charge is 2.40. The molecule has 3 heterocycles. The van der Waals surface area contributed by atoms with Crippen LogP contribution in [0.5, 0.6) is 0 Å². The summed E-state index contributed by atoms with van der Waals surface area (Å²) in [6, 6.07) is 9.11. The number of benzene rings is 1. The fourth-order valence-corrected chi connectivity index (χ4v) is 5.48. The number of methoxy groups -OCH3 is 1. The molecule has 32 heavy (non-hydrogen) atoms. The Morgan fingerprint density at radius 1 is 1.25 bits per heavy atom. The first-order valence-electron chi connectivity index (χ1n) is 9.90. The zero-order valence-electron chi connectivity index (χ0n) is 17.5. The van der Waals surface area contributed by atoms with Crippen molar-refractivity contribution < 1.29 is 27.3 Å². The van der Waals surface area contributed by atoms with Crippen molar-refractivity contribution in [3.63, 3.8) is 0 Å². The Bertz CT molecular complexity index is 1250. The Hall–Kier alpha value is -3.44. The van der Waals surface area contributed by atoms with Gasteiger partial charge < -0.3 is 19.1 Å². The molecular formula is C21H22N4O6S. The van der Waals surface area contributed by atoms with Crippen LogP contribution in [-0.2, 0) is 26.6 Å². The van der Waals surface area contributed by atoms with Crippen molar-refractivity contribution in [1.29, 1.82) is 0 Å². The van der Waals surface area contributed by atoms with E-state index in [1.807, 2.05) is 6.07 Å². The van der Waals surface area contributed by atoms with Crippen molar-refractivity contribution in [2.24, 2.45) is 7.05 Å². The molecule has 1 aromatic carbocycles. The first-order chi connectivity index (χ1) is 15.3. The van der Waals surface area contributed by atoms with Gasteiger partial charge in [0.15, 0.2) is 5.76 Å². The van der Waals surface area contributed by atoms with Crippen molar-refractivity contribution in [3.05, 3.63) is 54.5 Å². The van der Waals surface area contributed by atoms with Gasteiger partial charge in [0, 0.05) is 37.1 Å². The molecule has 1 atom stereocenters. The molecule has 168 valence electrons. The lowest BCUT2D eigenvalue weighted by Crippen LogP contribution is -2.43. The predicted molar refractivity (Wildman–Crippen MR) is 114 cm³/mol. The van der Waals surface area contributed by atoms with E-state index in [0.29, 0.717) is 24.3 Å². The minimum absolute atomic E-state index is 0.0626. The molecule has 0 unspecified atom stereocenters. The van der Waals surface area contributed by atoms with Crippen molar-refractivity contribution in [1.82, 2.24) is 14.0 Å². The smallest absolute Gasteiger partial charge is 0.354 e. The number of esters is 1. The van der Waals surface area contributed by atoms with Gasteiger partial charge >= 0.3 is 5.97 Å². The molecule has 10 nitrogen and oxygen atoms in total. The standard InChI is InChI=1S/C21H22N4O6S/c1-24-13-16(12-18(24)21(27)30-2)32(28,29)25-10-4-7-17(25)20(26)23-15-6-3-5-14(11-15)19-8-9-22-31-19/h3,5-6,8-9,11-13,17H,4,7,10H2,1-2H3,(H,23,26)/t17-/m0/s1. The number of hydrogen-bond acceptors (Lipinski definition) is 7. The van der Waals surface area contributed by atoms with E-state index < -0.39 is 27.9 Å². The zero-order chi connectivity index (χ0) is 22.9. The maximum Gasteiger partial charge on any atom is 0.354 e. The van der Waals surface area contributed by atoms with Crippen LogP contribution in [0.4, 0.5) is 5.69 Å². The molecule has 1 aliphatic heterocycles. The van der Waals surface area contributed by atoms with Gasteiger partial charge in [-0.05, 0) is 31.0 Å². The van der Waals surface area contributed by atoms with E-state index >= 15 is 0 Å². The molecule has 1 fully saturated rings. The molecule has 11 heteroatoms. The average molecular weight is 458 g/mol. The summed E-state index contributed by atoms with van der Waals surface area (Å²) in [4.78, 5) is 24.8. The van der Waals surface area contributed by atoms with Gasteiger partial charge in [-0.25, -0.2) is 13.2 Å². The van der Waals surface area contributed by atoms with Crippen LogP contribution in [0.25, 0.3) is 11.3 Å². The van der Waals surface area contributed by atoms with Crippen LogP contribution in [-0.4, -0.2) is 54.0 Å². The third-order valence-electron chi connectivity index (χ3n) is 5.34. The number of anilines is 1. The van der Waals surface area contributed by atoms with Gasteiger partial charge in [-0.1, -0.05) is 17.3 Å². The Kier molecular flexibility index (Phi) is 5.85. The molecule has 1 N–H and O–H groups in total. The van der Waals surface area contributed by atoms with Crippen molar-refractivity contribution in [2.75, 3.05) is 19.0 Å². The third-order valence-corrected chi connectivity index (χ3v) is 7.21. The molecule has 1 amide bonds. The van der Waals surface area contributed by atoms with E-state index in [9.17, 15) is 18.0 Å². The van der Waals surface area contributed by atoms with Gasteiger partial charge in [-0.15, -0.1) is 0 Å². The highest BCUT2D eigenvalue weighted by atomic mass is 32.2. The summed E-state index contributed by atoms with van der Waals surface area (Å²) in [5.74, 6) is -0.516. The number of aryl methyl sites for hydroxylation is 1. The second kappa shape index (κ2) is 8.60. The van der Waals surface area contributed by atoms with Crippen LogP contribution in [0.3, 0.4) is 0 Å². The van der Waals surface area contributed by atoms with Crippen LogP contribution in [0.2, 0.25) is 0 Å². The summed E-state index contributed by atoms with van der Waals surface area (Å²) in [5.41, 5.74) is 1.35. The number of ether oxygens (including phenoxy) is 1. The number of hydrogen-bond donors (Lipinski definition) is 1. The summed E-state index contributed by atoms with van der Waals surface area (Å²) >= 11 is 0. The number of rotatable bonds is 6. The van der Waals surface area contributed by atoms with Crippen LogP contribution >= 0.6 is 0 Å². The maximum atomic E-state index is 13.2. The minimum atomic E-state index is -3.99. The Morgan fingerprint density at radius 3 is 2.78 bits per heavy atom. The topological polar surface area (TPSA) is 124 Å². The van der Waals surface area contributed by atoms with E-state index in [1.165, 1.54) is 34.4 Å². The van der Waals surface area contributed by atoms with Crippen molar-refractivity contribution in [2.45, 2.75) is 23.8 Å². The Balaban J connectivity index is 1.55. The van der Waals surface area contributed by atoms with Gasteiger partial charge in [0.25, 0.3) is 0 Å². The lowest BCUT2D eigenvalue weighted by Gasteiger charge is -2.23. The van der Waals surface area contributed by atoms with E-state index in [0.717, 1.165) is 5.56 Å². The summed E-state index contributed by atoms with van der Waals surface area (Å²) in [6.07, 6.45) is 3.81. The van der Waals surface area contributed by atoms with Crippen molar-refractivity contribution in [3.8, 4) is 11.3 Å². The van der Waals surface area contributed by atoms with Gasteiger partial charge in [0.05, 0.1) is 13.3 Å². The number of nitrogens with one attached hydrogen (secondary N) is 1. The fourth-order valence-electron chi connectivity index (χ4n) is 3.75. The van der Waals surface area contributed by atoms with E-state index in [2.05, 4.69) is 15.2 Å². The minimum Gasteiger partial charge on any atom is -0.464 e. The van der Waals surface area contributed by atoms with Gasteiger partial charge in [0.2, 0.25) is 15.9 Å². The van der Waals surface area contributed by atoms with Gasteiger partial charge in [-0.3, -0.25) is 4.79 Å². The van der Waals surface area contributed by atoms with E-state index in [4.69, 9.17) is 4.52 Å². The first-order valence-corrected chi connectivity index (χ1v) is 11.3. The lowest BCUT2D eigenvalue weighted by atomic mass is 10.1. The number of amides is 1. The van der Waals surface area contributed by atoms with Gasteiger partial charge in [-0.2, -0.15) is 4.31 Å². The SMILES string of the molecule is COC(=O)c1cc(S(=O)(=O)N2CCC[C@H]2C(=O)Nc2cccc(-c3ccno3)c2)cn1C. The average Bonchev–Trinajstić information content (AvgIpc) is 3.53. The molecule has 1 aliphatic rings. The molecule has 3 aromatic rings. The molecule has 0 radical (unpaired) electrons. The largest absolute Gasteiger partial charge is 0.464 e. The molecule has 2 aromatic heterocycles. The third kappa shape index (κ3) is 4.04. The quantitative estimate of drug-likeness (QED) is 0.562. The lowest BCUT2D eigenvalue weighted by molar-refractivity contribution is -0.119. The number of nitrogens with zero attached hydrogens (tertiary/aromatic N) is 3. The second-order valence-corrected chi connectivity index (χ2v) is 9.27.